The highest BCUT2D eigenvalue weighted by atomic mass is 35.5. The van der Waals surface area contributed by atoms with Gasteiger partial charge in [-0.15, -0.1) is 0 Å². The van der Waals surface area contributed by atoms with Crippen molar-refractivity contribution in [3.8, 4) is 0 Å². The Balaban J connectivity index is 1.38. The maximum absolute atomic E-state index is 6.47. The van der Waals surface area contributed by atoms with Crippen LogP contribution in [-0.4, -0.2) is 24.4 Å². The maximum atomic E-state index is 6.47. The van der Waals surface area contributed by atoms with Crippen LogP contribution in [0.25, 0.3) is 0 Å². The zero-order valence-corrected chi connectivity index (χ0v) is 30.1. The summed E-state index contributed by atoms with van der Waals surface area (Å²) in [4.78, 5) is 4.74. The summed E-state index contributed by atoms with van der Waals surface area (Å²) >= 11 is 12.9. The zero-order valence-electron chi connectivity index (χ0n) is 28.6. The lowest BCUT2D eigenvalue weighted by Crippen LogP contribution is -2.26. The minimum Gasteiger partial charge on any atom is -0.347 e. The number of likely N-dealkylation sites (N-methyl/N-ethyl adjacent to an activating group) is 1. The second-order valence-electron chi connectivity index (χ2n) is 14.0. The Labute approximate surface area is 295 Å². The van der Waals surface area contributed by atoms with Crippen LogP contribution in [0.3, 0.4) is 0 Å². The van der Waals surface area contributed by atoms with Crippen LogP contribution in [0.15, 0.2) is 144 Å². The van der Waals surface area contributed by atoms with Gasteiger partial charge in [0.15, 0.2) is 5.71 Å². The predicted octanol–water partition coefficient (Wildman–Crippen LogP) is 11.7. The molecule has 3 nitrogen and oxygen atoms in total. The normalized spacial score (nSPS) is 19.6. The summed E-state index contributed by atoms with van der Waals surface area (Å²) in [6, 6.07) is 33.9. The van der Waals surface area contributed by atoms with Gasteiger partial charge in [0, 0.05) is 63.0 Å². The van der Waals surface area contributed by atoms with E-state index in [1.807, 2.05) is 12.1 Å². The summed E-state index contributed by atoms with van der Waals surface area (Å²) in [6.07, 6.45) is 11.3. The van der Waals surface area contributed by atoms with Crippen LogP contribution >= 0.6 is 23.2 Å². The van der Waals surface area contributed by atoms with Crippen LogP contribution in [0.4, 0.5) is 22.7 Å². The van der Waals surface area contributed by atoms with E-state index in [0.717, 1.165) is 34.3 Å². The van der Waals surface area contributed by atoms with Crippen molar-refractivity contribution in [2.75, 3.05) is 23.9 Å². The number of nitrogens with zero attached hydrogens (tertiary/aromatic N) is 3. The highest BCUT2D eigenvalue weighted by Crippen LogP contribution is 2.49. The van der Waals surface area contributed by atoms with E-state index in [-0.39, 0.29) is 10.8 Å². The fourth-order valence-corrected chi connectivity index (χ4v) is 8.21. The Morgan fingerprint density at radius 1 is 0.708 bits per heavy atom. The summed E-state index contributed by atoms with van der Waals surface area (Å²) in [5.74, 6) is 0. The monoisotopic (exact) mass is 670 g/mol. The van der Waals surface area contributed by atoms with Crippen molar-refractivity contribution in [3.05, 3.63) is 165 Å². The number of halogens is 2. The van der Waals surface area contributed by atoms with Gasteiger partial charge in [0.05, 0.1) is 11.1 Å². The molecule has 0 bridgehead atoms. The number of fused-ring (bicyclic) bond motifs is 2. The molecule has 0 radical (unpaired) electrons. The van der Waals surface area contributed by atoms with Crippen molar-refractivity contribution in [2.45, 2.75) is 51.4 Å². The van der Waals surface area contributed by atoms with Crippen LogP contribution in [0.5, 0.6) is 0 Å². The van der Waals surface area contributed by atoms with Gasteiger partial charge in [-0.3, -0.25) is 0 Å². The highest BCUT2D eigenvalue weighted by molar-refractivity contribution is 6.31. The highest BCUT2D eigenvalue weighted by Gasteiger charge is 2.43. The lowest BCUT2D eigenvalue weighted by molar-refractivity contribution is -0.401. The number of para-hydroxylation sites is 2. The number of benzene rings is 4. The summed E-state index contributed by atoms with van der Waals surface area (Å²) in [5.41, 5.74) is 13.2. The minimum atomic E-state index is -0.178. The van der Waals surface area contributed by atoms with Gasteiger partial charge in [0.1, 0.15) is 7.05 Å². The minimum absolute atomic E-state index is 0.178. The summed E-state index contributed by atoms with van der Waals surface area (Å²) in [6.45, 7) is 9.16. The molecule has 3 aliphatic rings. The average Bonchev–Trinajstić information content (AvgIpc) is 3.61. The maximum Gasteiger partial charge on any atom is 0.209 e. The summed E-state index contributed by atoms with van der Waals surface area (Å²) < 4.78 is 2.31. The quantitative estimate of drug-likeness (QED) is 0.189. The standard InChI is InChI=1S/C43H42Cl2N3/c1-42(2)35-27-31(44)21-23-37(35)46(5)39(42)25-19-29-17-18-30(20-26-40-43(3,4)36-28-32(45)22-24-38(36)47(40)6)41(29)48(33-13-9-7-10-14-33)34-15-11-8-12-16-34/h7-16,19-28H,17-18H2,1-6H3/q+1. The molecule has 0 spiro atoms. The average molecular weight is 672 g/mol. The van der Waals surface area contributed by atoms with Gasteiger partial charge >= 0.3 is 0 Å². The van der Waals surface area contributed by atoms with Crippen molar-refractivity contribution in [2.24, 2.45) is 0 Å². The number of hydrogen-bond donors (Lipinski definition) is 0. The van der Waals surface area contributed by atoms with E-state index in [9.17, 15) is 0 Å². The van der Waals surface area contributed by atoms with E-state index in [2.05, 4.69) is 165 Å². The molecule has 48 heavy (non-hydrogen) atoms. The zero-order chi connectivity index (χ0) is 33.8. The molecule has 4 aromatic carbocycles. The molecule has 0 fully saturated rings. The first-order valence-corrected chi connectivity index (χ1v) is 17.4. The van der Waals surface area contributed by atoms with Crippen molar-refractivity contribution in [1.82, 2.24) is 0 Å². The molecular formula is C43H42Cl2N3+. The molecule has 1 aliphatic carbocycles. The van der Waals surface area contributed by atoms with Crippen LogP contribution in [0.2, 0.25) is 10.0 Å². The van der Waals surface area contributed by atoms with Crippen LogP contribution in [0.1, 0.15) is 51.7 Å². The SMILES string of the molecule is CN1/C(=C/C=C2\CCC(C=CC3=[N+](C)c4ccc(Cl)cc4C3(C)C)=C2N(c2ccccc2)c2ccccc2)C(C)(C)c2cc(Cl)ccc21. The van der Waals surface area contributed by atoms with E-state index in [4.69, 9.17) is 23.2 Å². The summed E-state index contributed by atoms with van der Waals surface area (Å²) in [5, 5.41) is 1.54. The molecule has 2 aliphatic heterocycles. The van der Waals surface area contributed by atoms with Gasteiger partial charge in [0.25, 0.3) is 0 Å². The van der Waals surface area contributed by atoms with Gasteiger partial charge in [-0.1, -0.05) is 85.6 Å². The molecule has 7 rings (SSSR count). The van der Waals surface area contributed by atoms with Crippen molar-refractivity contribution < 1.29 is 4.58 Å². The lowest BCUT2D eigenvalue weighted by atomic mass is 9.81. The molecule has 242 valence electrons. The van der Waals surface area contributed by atoms with Crippen molar-refractivity contribution in [3.63, 3.8) is 0 Å². The Morgan fingerprint density at radius 3 is 1.96 bits per heavy atom. The topological polar surface area (TPSA) is 9.49 Å². The number of allylic oxidation sites excluding steroid dienone is 7. The first kappa shape index (κ1) is 32.2. The molecule has 0 atom stereocenters. The van der Waals surface area contributed by atoms with E-state index in [0.29, 0.717) is 0 Å². The molecule has 2 heterocycles. The molecular weight excluding hydrogens is 629 g/mol. The molecule has 4 aromatic rings. The molecule has 0 amide bonds. The molecule has 0 unspecified atom stereocenters. The third-order valence-electron chi connectivity index (χ3n) is 10.4. The Kier molecular flexibility index (Phi) is 8.26. The fourth-order valence-electron chi connectivity index (χ4n) is 7.86. The van der Waals surface area contributed by atoms with Gasteiger partial charge in [-0.2, -0.15) is 4.58 Å². The first-order chi connectivity index (χ1) is 23.0. The van der Waals surface area contributed by atoms with E-state index < -0.39 is 0 Å². The Hall–Kier alpha value is -4.31. The van der Waals surface area contributed by atoms with Gasteiger partial charge < -0.3 is 9.80 Å². The second kappa shape index (κ2) is 12.3. The Morgan fingerprint density at radius 2 is 1.31 bits per heavy atom. The third-order valence-corrected chi connectivity index (χ3v) is 10.9. The molecule has 0 N–H and O–H groups in total. The molecule has 0 aromatic heterocycles. The van der Waals surface area contributed by atoms with Crippen molar-refractivity contribution >= 4 is 51.7 Å². The smallest absolute Gasteiger partial charge is 0.209 e. The number of rotatable bonds is 6. The predicted molar refractivity (Wildman–Crippen MR) is 205 cm³/mol. The third kappa shape index (κ3) is 5.44. The summed E-state index contributed by atoms with van der Waals surface area (Å²) in [7, 11) is 4.32. The van der Waals surface area contributed by atoms with Crippen LogP contribution in [0, 0.1) is 0 Å². The van der Waals surface area contributed by atoms with Crippen LogP contribution in [-0.2, 0) is 10.8 Å². The lowest BCUT2D eigenvalue weighted by Gasteiger charge is -2.29. The first-order valence-electron chi connectivity index (χ1n) is 16.7. The molecule has 5 heteroatoms. The second-order valence-corrected chi connectivity index (χ2v) is 14.9. The van der Waals surface area contributed by atoms with Gasteiger partial charge in [0.2, 0.25) is 5.69 Å². The van der Waals surface area contributed by atoms with E-state index in [1.165, 1.54) is 50.8 Å². The van der Waals surface area contributed by atoms with Gasteiger partial charge in [-0.25, -0.2) is 0 Å². The van der Waals surface area contributed by atoms with Crippen LogP contribution < -0.4 is 9.80 Å². The van der Waals surface area contributed by atoms with E-state index in [1.54, 1.807) is 0 Å². The largest absolute Gasteiger partial charge is 0.347 e. The number of anilines is 3. The number of hydrogen-bond acceptors (Lipinski definition) is 2. The fraction of sp³-hybridized carbons (Fsp3) is 0.233. The van der Waals surface area contributed by atoms with Crippen molar-refractivity contribution in [1.29, 1.82) is 0 Å². The van der Waals surface area contributed by atoms with E-state index >= 15 is 0 Å². The molecule has 0 saturated carbocycles. The Bertz CT molecular complexity index is 2020. The van der Waals surface area contributed by atoms with Gasteiger partial charge in [-0.05, 0) is 104 Å². The molecule has 0 saturated heterocycles.